The van der Waals surface area contributed by atoms with E-state index in [9.17, 15) is 9.90 Å². The number of rotatable bonds is 3. The van der Waals surface area contributed by atoms with Gasteiger partial charge >= 0.3 is 0 Å². The first-order chi connectivity index (χ1) is 11.6. The fraction of sp³-hybridized carbons (Fsp3) is 0.947. The van der Waals surface area contributed by atoms with E-state index in [0.29, 0.717) is 12.5 Å². The maximum atomic E-state index is 12.8. The van der Waals surface area contributed by atoms with Gasteiger partial charge in [-0.2, -0.15) is 0 Å². The molecule has 3 aliphatic rings. The van der Waals surface area contributed by atoms with Gasteiger partial charge in [-0.3, -0.25) is 9.69 Å². The van der Waals surface area contributed by atoms with Crippen LogP contribution in [-0.2, 0) is 4.79 Å². The van der Waals surface area contributed by atoms with Crippen LogP contribution < -0.4 is 0 Å². The Bertz CT molecular complexity index is 415. The lowest BCUT2D eigenvalue weighted by atomic mass is 9.82. The molecule has 1 unspecified atom stereocenters. The second-order valence-corrected chi connectivity index (χ2v) is 8.29. The highest BCUT2D eigenvalue weighted by molar-refractivity contribution is 5.77. The average Bonchev–Trinajstić information content (AvgIpc) is 2.82. The Morgan fingerprint density at radius 2 is 1.71 bits per heavy atom. The number of carbonyl (C=O) groups excluding carboxylic acids is 1. The Balaban J connectivity index is 1.56. The van der Waals surface area contributed by atoms with Crippen LogP contribution in [0.4, 0.5) is 0 Å². The summed E-state index contributed by atoms with van der Waals surface area (Å²) in [6, 6.07) is 0.506. The maximum absolute atomic E-state index is 12.8. The standard InChI is InChI=1S/C19H35N3O2/c1-20-11-13-21(14-12-20)17-7-3-6-10-22(16-17)18(23)15-19(24)8-4-2-5-9-19/h17,24H,2-16H2,1H3. The smallest absolute Gasteiger partial charge is 0.225 e. The van der Waals surface area contributed by atoms with E-state index in [-0.39, 0.29) is 5.91 Å². The van der Waals surface area contributed by atoms with Crippen molar-refractivity contribution in [1.29, 1.82) is 0 Å². The van der Waals surface area contributed by atoms with Crippen LogP contribution in [0.25, 0.3) is 0 Å². The van der Waals surface area contributed by atoms with Crippen LogP contribution in [0.3, 0.4) is 0 Å². The van der Waals surface area contributed by atoms with Gasteiger partial charge in [-0.25, -0.2) is 0 Å². The number of piperazine rings is 1. The molecule has 0 aromatic heterocycles. The topological polar surface area (TPSA) is 47.0 Å². The average molecular weight is 338 g/mol. The Morgan fingerprint density at radius 3 is 2.42 bits per heavy atom. The zero-order chi connectivity index (χ0) is 17.0. The summed E-state index contributed by atoms with van der Waals surface area (Å²) in [5, 5.41) is 10.7. The highest BCUT2D eigenvalue weighted by atomic mass is 16.3. The lowest BCUT2D eigenvalue weighted by Gasteiger charge is -2.39. The molecule has 2 heterocycles. The van der Waals surface area contributed by atoms with Crippen LogP contribution in [0, 0.1) is 0 Å². The molecule has 1 amide bonds. The SMILES string of the molecule is CN1CCN(C2CCCCN(C(=O)CC3(O)CCCCC3)C2)CC1. The number of amides is 1. The van der Waals surface area contributed by atoms with Gasteiger partial charge in [0.25, 0.3) is 0 Å². The number of likely N-dealkylation sites (N-methyl/N-ethyl adjacent to an activating group) is 1. The normalized spacial score (nSPS) is 30.1. The van der Waals surface area contributed by atoms with Gasteiger partial charge in [0, 0.05) is 45.3 Å². The molecule has 0 bridgehead atoms. The number of hydrogen-bond acceptors (Lipinski definition) is 4. The van der Waals surface area contributed by atoms with Crippen molar-refractivity contribution < 1.29 is 9.90 Å². The quantitative estimate of drug-likeness (QED) is 0.851. The minimum Gasteiger partial charge on any atom is -0.389 e. The second kappa shape index (κ2) is 8.15. The second-order valence-electron chi connectivity index (χ2n) is 8.29. The van der Waals surface area contributed by atoms with Crippen molar-refractivity contribution in [3.05, 3.63) is 0 Å². The third-order valence-corrected chi connectivity index (χ3v) is 6.32. The van der Waals surface area contributed by atoms with E-state index in [0.717, 1.165) is 71.4 Å². The molecular weight excluding hydrogens is 302 g/mol. The highest BCUT2D eigenvalue weighted by Crippen LogP contribution is 2.31. The van der Waals surface area contributed by atoms with Crippen molar-refractivity contribution in [2.45, 2.75) is 69.4 Å². The summed E-state index contributed by atoms with van der Waals surface area (Å²) in [6.07, 6.45) is 8.79. The van der Waals surface area contributed by atoms with Crippen LogP contribution in [0.1, 0.15) is 57.8 Å². The van der Waals surface area contributed by atoms with Crippen molar-refractivity contribution in [3.63, 3.8) is 0 Å². The van der Waals surface area contributed by atoms with Crippen molar-refractivity contribution in [2.24, 2.45) is 0 Å². The highest BCUT2D eigenvalue weighted by Gasteiger charge is 2.35. The van der Waals surface area contributed by atoms with E-state index in [1.165, 1.54) is 19.3 Å². The minimum absolute atomic E-state index is 0.181. The molecule has 2 saturated heterocycles. The Hall–Kier alpha value is -0.650. The predicted octanol–water partition coefficient (Wildman–Crippen LogP) is 1.70. The summed E-state index contributed by atoms with van der Waals surface area (Å²) >= 11 is 0. The molecule has 3 rings (SSSR count). The van der Waals surface area contributed by atoms with Gasteiger partial charge in [0.2, 0.25) is 5.91 Å². The van der Waals surface area contributed by atoms with E-state index in [4.69, 9.17) is 0 Å². The molecule has 2 aliphatic heterocycles. The zero-order valence-corrected chi connectivity index (χ0v) is 15.4. The predicted molar refractivity (Wildman–Crippen MR) is 95.9 cm³/mol. The Morgan fingerprint density at radius 1 is 1.00 bits per heavy atom. The van der Waals surface area contributed by atoms with Gasteiger partial charge in [0.15, 0.2) is 0 Å². The summed E-state index contributed by atoms with van der Waals surface area (Å²) in [4.78, 5) is 19.9. The van der Waals surface area contributed by atoms with Gasteiger partial charge < -0.3 is 14.9 Å². The molecule has 1 atom stereocenters. The van der Waals surface area contributed by atoms with Crippen molar-refractivity contribution in [2.75, 3.05) is 46.3 Å². The largest absolute Gasteiger partial charge is 0.389 e. The molecule has 0 aromatic rings. The van der Waals surface area contributed by atoms with Crippen LogP contribution in [0.15, 0.2) is 0 Å². The van der Waals surface area contributed by atoms with Crippen molar-refractivity contribution in [1.82, 2.24) is 14.7 Å². The fourth-order valence-corrected chi connectivity index (χ4v) is 4.61. The summed E-state index contributed by atoms with van der Waals surface area (Å²) < 4.78 is 0. The van der Waals surface area contributed by atoms with Crippen LogP contribution in [0.2, 0.25) is 0 Å². The molecule has 138 valence electrons. The molecule has 1 N–H and O–H groups in total. The lowest BCUT2D eigenvalue weighted by molar-refractivity contribution is -0.138. The molecule has 24 heavy (non-hydrogen) atoms. The number of aliphatic hydroxyl groups is 1. The maximum Gasteiger partial charge on any atom is 0.225 e. The molecular formula is C19H35N3O2. The molecule has 3 fully saturated rings. The number of hydrogen-bond donors (Lipinski definition) is 1. The van der Waals surface area contributed by atoms with Crippen molar-refractivity contribution in [3.8, 4) is 0 Å². The number of carbonyl (C=O) groups is 1. The first kappa shape index (κ1) is 18.2. The van der Waals surface area contributed by atoms with Gasteiger partial charge in [0.05, 0.1) is 12.0 Å². The molecule has 0 radical (unpaired) electrons. The van der Waals surface area contributed by atoms with Crippen molar-refractivity contribution >= 4 is 5.91 Å². The van der Waals surface area contributed by atoms with E-state index >= 15 is 0 Å². The van der Waals surface area contributed by atoms with E-state index in [1.54, 1.807) is 0 Å². The number of likely N-dealkylation sites (tertiary alicyclic amines) is 1. The molecule has 1 aliphatic carbocycles. The lowest BCUT2D eigenvalue weighted by Crippen LogP contribution is -2.53. The van der Waals surface area contributed by atoms with Crippen LogP contribution >= 0.6 is 0 Å². The van der Waals surface area contributed by atoms with E-state index in [1.807, 2.05) is 0 Å². The molecule has 5 heteroatoms. The third kappa shape index (κ3) is 4.70. The molecule has 0 spiro atoms. The first-order valence-corrected chi connectivity index (χ1v) is 9.98. The monoisotopic (exact) mass is 337 g/mol. The summed E-state index contributed by atoms with van der Waals surface area (Å²) in [7, 11) is 2.19. The molecule has 1 saturated carbocycles. The third-order valence-electron chi connectivity index (χ3n) is 6.32. The summed E-state index contributed by atoms with van der Waals surface area (Å²) in [5.74, 6) is 0.181. The van der Waals surface area contributed by atoms with Gasteiger partial charge in [0.1, 0.15) is 0 Å². The summed E-state index contributed by atoms with van der Waals surface area (Å²) in [6.45, 7) is 6.23. The number of nitrogens with zero attached hydrogens (tertiary/aromatic N) is 3. The Labute approximate surface area is 147 Å². The van der Waals surface area contributed by atoms with Gasteiger partial charge in [-0.15, -0.1) is 0 Å². The minimum atomic E-state index is -0.731. The molecule has 5 nitrogen and oxygen atoms in total. The van der Waals surface area contributed by atoms with Crippen LogP contribution in [0.5, 0.6) is 0 Å². The van der Waals surface area contributed by atoms with Gasteiger partial charge in [-0.05, 0) is 32.7 Å². The van der Waals surface area contributed by atoms with Gasteiger partial charge in [-0.1, -0.05) is 25.7 Å². The summed E-state index contributed by atoms with van der Waals surface area (Å²) in [5.41, 5.74) is -0.731. The van der Waals surface area contributed by atoms with E-state index < -0.39 is 5.60 Å². The molecule has 0 aromatic carbocycles. The zero-order valence-electron chi connectivity index (χ0n) is 15.4. The fourth-order valence-electron chi connectivity index (χ4n) is 4.61. The first-order valence-electron chi connectivity index (χ1n) is 9.98. The Kier molecular flexibility index (Phi) is 6.17. The van der Waals surface area contributed by atoms with E-state index in [2.05, 4.69) is 21.7 Å². The van der Waals surface area contributed by atoms with Crippen LogP contribution in [-0.4, -0.2) is 83.7 Å².